The Labute approximate surface area is 89.6 Å². The van der Waals surface area contributed by atoms with E-state index >= 15 is 0 Å². The molecule has 0 aliphatic rings. The van der Waals surface area contributed by atoms with Crippen LogP contribution in [-0.4, -0.2) is 13.7 Å². The molecule has 0 saturated heterocycles. The normalized spacial score (nSPS) is 9.93. The van der Waals surface area contributed by atoms with Crippen LogP contribution in [0.5, 0.6) is 11.5 Å². The zero-order valence-electron chi connectivity index (χ0n) is 8.86. The second kappa shape index (κ2) is 5.71. The average molecular weight is 203 g/mol. The smallest absolute Gasteiger partial charge is 0.141 e. The van der Waals surface area contributed by atoms with Crippen LogP contribution in [0.3, 0.4) is 0 Å². The maximum atomic E-state index is 8.85. The minimum absolute atomic E-state index is 0.457. The Bertz CT molecular complexity index is 391. The van der Waals surface area contributed by atoms with E-state index in [0.29, 0.717) is 23.7 Å². The summed E-state index contributed by atoms with van der Waals surface area (Å²) < 4.78 is 10.5. The molecule has 1 rings (SSSR count). The molecule has 0 N–H and O–H groups in total. The van der Waals surface area contributed by atoms with Crippen LogP contribution in [0.15, 0.2) is 30.4 Å². The molecule has 0 unspecified atom stereocenters. The standard InChI is InChI=1S/C12H13NO2/c1-3-4-7-15-12-8-11(14-2)6-5-10(12)9-13/h3-6,8H,7H2,1-2H3/b4-3+. The van der Waals surface area contributed by atoms with Crippen molar-refractivity contribution in [1.29, 1.82) is 5.26 Å². The van der Waals surface area contributed by atoms with Crippen LogP contribution < -0.4 is 9.47 Å². The molecular weight excluding hydrogens is 190 g/mol. The SMILES string of the molecule is C/C=C/COc1cc(OC)ccc1C#N. The van der Waals surface area contributed by atoms with Gasteiger partial charge in [-0.05, 0) is 19.1 Å². The van der Waals surface area contributed by atoms with Gasteiger partial charge in [0.05, 0.1) is 12.7 Å². The molecule has 0 atom stereocenters. The lowest BCUT2D eigenvalue weighted by Gasteiger charge is -2.07. The minimum Gasteiger partial charge on any atom is -0.497 e. The summed E-state index contributed by atoms with van der Waals surface area (Å²) in [6, 6.07) is 7.20. The number of rotatable bonds is 4. The van der Waals surface area contributed by atoms with E-state index < -0.39 is 0 Å². The van der Waals surface area contributed by atoms with Gasteiger partial charge in [0.2, 0.25) is 0 Å². The summed E-state index contributed by atoms with van der Waals surface area (Å²) in [5.41, 5.74) is 0.514. The molecule has 1 aromatic rings. The topological polar surface area (TPSA) is 42.2 Å². The van der Waals surface area contributed by atoms with Crippen LogP contribution in [0.4, 0.5) is 0 Å². The van der Waals surface area contributed by atoms with Gasteiger partial charge in [0, 0.05) is 6.07 Å². The minimum atomic E-state index is 0.457. The number of benzene rings is 1. The van der Waals surface area contributed by atoms with Crippen molar-refractivity contribution in [3.05, 3.63) is 35.9 Å². The van der Waals surface area contributed by atoms with Gasteiger partial charge >= 0.3 is 0 Å². The summed E-state index contributed by atoms with van der Waals surface area (Å²) in [6.45, 7) is 2.37. The van der Waals surface area contributed by atoms with E-state index in [4.69, 9.17) is 14.7 Å². The Balaban J connectivity index is 2.87. The Morgan fingerprint density at radius 1 is 1.47 bits per heavy atom. The van der Waals surface area contributed by atoms with Crippen LogP contribution in [0.25, 0.3) is 0 Å². The molecule has 15 heavy (non-hydrogen) atoms. The van der Waals surface area contributed by atoms with Crippen molar-refractivity contribution in [2.45, 2.75) is 6.92 Å². The lowest BCUT2D eigenvalue weighted by molar-refractivity contribution is 0.355. The largest absolute Gasteiger partial charge is 0.497 e. The predicted octanol–water partition coefficient (Wildman–Crippen LogP) is 2.52. The highest BCUT2D eigenvalue weighted by Gasteiger charge is 2.04. The lowest BCUT2D eigenvalue weighted by atomic mass is 10.2. The van der Waals surface area contributed by atoms with Crippen molar-refractivity contribution in [3.63, 3.8) is 0 Å². The summed E-state index contributed by atoms with van der Waals surface area (Å²) in [5.74, 6) is 1.24. The Morgan fingerprint density at radius 2 is 2.27 bits per heavy atom. The maximum Gasteiger partial charge on any atom is 0.141 e. The van der Waals surface area contributed by atoms with E-state index in [2.05, 4.69) is 6.07 Å². The third kappa shape index (κ3) is 3.03. The van der Waals surface area contributed by atoms with Crippen molar-refractivity contribution in [1.82, 2.24) is 0 Å². The third-order valence-electron chi connectivity index (χ3n) is 1.88. The first kappa shape index (κ1) is 11.1. The van der Waals surface area contributed by atoms with Gasteiger partial charge in [-0.15, -0.1) is 0 Å². The fraction of sp³-hybridized carbons (Fsp3) is 0.250. The molecule has 0 saturated carbocycles. The van der Waals surface area contributed by atoms with Crippen molar-refractivity contribution in [2.24, 2.45) is 0 Å². The molecule has 0 fully saturated rings. The molecule has 3 heteroatoms. The first-order chi connectivity index (χ1) is 7.31. The van der Waals surface area contributed by atoms with E-state index in [-0.39, 0.29) is 0 Å². The average Bonchev–Trinajstić information content (AvgIpc) is 2.29. The van der Waals surface area contributed by atoms with Gasteiger partial charge in [0.1, 0.15) is 24.2 Å². The summed E-state index contributed by atoms with van der Waals surface area (Å²) >= 11 is 0. The third-order valence-corrected chi connectivity index (χ3v) is 1.88. The van der Waals surface area contributed by atoms with E-state index in [9.17, 15) is 0 Å². The van der Waals surface area contributed by atoms with Crippen LogP contribution in [0.2, 0.25) is 0 Å². The van der Waals surface area contributed by atoms with Gasteiger partial charge < -0.3 is 9.47 Å². The summed E-state index contributed by atoms with van der Waals surface area (Å²) in [4.78, 5) is 0. The van der Waals surface area contributed by atoms with Gasteiger partial charge in [-0.2, -0.15) is 5.26 Å². The predicted molar refractivity (Wildman–Crippen MR) is 58.0 cm³/mol. The summed E-state index contributed by atoms with van der Waals surface area (Å²) in [7, 11) is 1.58. The van der Waals surface area contributed by atoms with Crippen LogP contribution in [-0.2, 0) is 0 Å². The molecule has 0 bridgehead atoms. The number of methoxy groups -OCH3 is 1. The van der Waals surface area contributed by atoms with E-state index in [0.717, 1.165) is 0 Å². The molecule has 0 radical (unpaired) electrons. The zero-order valence-corrected chi connectivity index (χ0v) is 8.86. The molecule has 0 aromatic heterocycles. The highest BCUT2D eigenvalue weighted by Crippen LogP contribution is 2.23. The zero-order chi connectivity index (χ0) is 11.1. The highest BCUT2D eigenvalue weighted by molar-refractivity contribution is 5.47. The number of ether oxygens (including phenoxy) is 2. The number of allylic oxidation sites excluding steroid dienone is 1. The first-order valence-electron chi connectivity index (χ1n) is 4.64. The Morgan fingerprint density at radius 3 is 2.87 bits per heavy atom. The number of hydrogen-bond acceptors (Lipinski definition) is 3. The molecule has 0 heterocycles. The van der Waals surface area contributed by atoms with Crippen LogP contribution in [0, 0.1) is 11.3 Å². The van der Waals surface area contributed by atoms with Gasteiger partial charge in [-0.1, -0.05) is 12.2 Å². The van der Waals surface area contributed by atoms with E-state index in [1.807, 2.05) is 19.1 Å². The molecule has 1 aromatic carbocycles. The van der Waals surface area contributed by atoms with Crippen molar-refractivity contribution >= 4 is 0 Å². The molecule has 3 nitrogen and oxygen atoms in total. The number of hydrogen-bond donors (Lipinski definition) is 0. The van der Waals surface area contributed by atoms with Gasteiger partial charge in [-0.3, -0.25) is 0 Å². The monoisotopic (exact) mass is 203 g/mol. The van der Waals surface area contributed by atoms with Gasteiger partial charge in [0.15, 0.2) is 0 Å². The quantitative estimate of drug-likeness (QED) is 0.706. The number of nitrogens with zero attached hydrogens (tertiary/aromatic N) is 1. The molecule has 0 amide bonds. The molecule has 0 spiro atoms. The summed E-state index contributed by atoms with van der Waals surface area (Å²) in [6.07, 6.45) is 3.77. The molecule has 0 aliphatic carbocycles. The first-order valence-corrected chi connectivity index (χ1v) is 4.64. The van der Waals surface area contributed by atoms with Crippen LogP contribution in [0.1, 0.15) is 12.5 Å². The molecular formula is C12H13NO2. The maximum absolute atomic E-state index is 8.85. The summed E-state index contributed by atoms with van der Waals surface area (Å²) in [5, 5.41) is 8.85. The molecule has 78 valence electrons. The second-order valence-corrected chi connectivity index (χ2v) is 2.85. The fourth-order valence-electron chi connectivity index (χ4n) is 1.08. The van der Waals surface area contributed by atoms with Gasteiger partial charge in [0.25, 0.3) is 0 Å². The van der Waals surface area contributed by atoms with E-state index in [1.54, 1.807) is 25.3 Å². The second-order valence-electron chi connectivity index (χ2n) is 2.85. The van der Waals surface area contributed by atoms with Gasteiger partial charge in [-0.25, -0.2) is 0 Å². The lowest BCUT2D eigenvalue weighted by Crippen LogP contribution is -1.96. The van der Waals surface area contributed by atoms with E-state index in [1.165, 1.54) is 0 Å². The number of nitriles is 1. The van der Waals surface area contributed by atoms with Crippen LogP contribution >= 0.6 is 0 Å². The fourth-order valence-corrected chi connectivity index (χ4v) is 1.08. The van der Waals surface area contributed by atoms with Crippen molar-refractivity contribution in [2.75, 3.05) is 13.7 Å². The molecule has 0 aliphatic heterocycles. The Kier molecular flexibility index (Phi) is 4.24. The highest BCUT2D eigenvalue weighted by atomic mass is 16.5. The van der Waals surface area contributed by atoms with Crippen molar-refractivity contribution < 1.29 is 9.47 Å². The van der Waals surface area contributed by atoms with Crippen molar-refractivity contribution in [3.8, 4) is 17.6 Å². The Hall–Kier alpha value is -1.95.